The zero-order valence-corrected chi connectivity index (χ0v) is 12.1. The van der Waals surface area contributed by atoms with E-state index in [0.717, 1.165) is 0 Å². The molecule has 2 heteroatoms. The maximum atomic E-state index is 3.70. The molecule has 1 aliphatic carbocycles. The molecule has 1 atom stereocenters. The molecule has 2 aliphatic rings. The highest BCUT2D eigenvalue weighted by Crippen LogP contribution is 2.36. The summed E-state index contributed by atoms with van der Waals surface area (Å²) < 4.78 is 0. The molecule has 2 nitrogen and oxygen atoms in total. The highest BCUT2D eigenvalue weighted by Gasteiger charge is 2.42. The van der Waals surface area contributed by atoms with Crippen molar-refractivity contribution in [2.75, 3.05) is 19.6 Å². The monoisotopic (exact) mass is 258 g/mol. The number of piperazine rings is 1. The maximum Gasteiger partial charge on any atom is 0.0334 e. The van der Waals surface area contributed by atoms with Crippen LogP contribution in [0, 0.1) is 0 Å². The van der Waals surface area contributed by atoms with Crippen LogP contribution in [-0.4, -0.2) is 36.1 Å². The first-order chi connectivity index (χ1) is 9.28. The number of rotatable bonds is 3. The minimum atomic E-state index is 0.474. The Morgan fingerprint density at radius 3 is 2.68 bits per heavy atom. The summed E-state index contributed by atoms with van der Waals surface area (Å²) in [6.45, 7) is 5.95. The standard InChI is InChI=1S/C17H26N2/c1-15-13-19(12-9-16-7-3-2-4-8-16)17(14-18-15)10-5-6-11-17/h2-4,7-8,15,18H,5-6,9-14H2,1H3. The summed E-state index contributed by atoms with van der Waals surface area (Å²) in [5.74, 6) is 0. The highest BCUT2D eigenvalue weighted by atomic mass is 15.3. The van der Waals surface area contributed by atoms with Crippen molar-refractivity contribution in [3.63, 3.8) is 0 Å². The summed E-state index contributed by atoms with van der Waals surface area (Å²) in [6.07, 6.45) is 6.80. The molecule has 1 aromatic carbocycles. The van der Waals surface area contributed by atoms with Crippen LogP contribution < -0.4 is 5.32 Å². The SMILES string of the molecule is CC1CN(CCc2ccccc2)C2(CCCC2)CN1. The number of nitrogens with one attached hydrogen (secondary N) is 1. The van der Waals surface area contributed by atoms with E-state index in [1.807, 2.05) is 0 Å². The fourth-order valence-electron chi connectivity index (χ4n) is 3.83. The molecule has 2 fully saturated rings. The lowest BCUT2D eigenvalue weighted by Gasteiger charge is -2.48. The Bertz CT molecular complexity index is 395. The van der Waals surface area contributed by atoms with E-state index in [4.69, 9.17) is 0 Å². The van der Waals surface area contributed by atoms with Crippen LogP contribution in [0.4, 0.5) is 0 Å². The molecule has 19 heavy (non-hydrogen) atoms. The molecule has 3 rings (SSSR count). The van der Waals surface area contributed by atoms with Crippen molar-refractivity contribution in [2.45, 2.75) is 50.6 Å². The fraction of sp³-hybridized carbons (Fsp3) is 0.647. The van der Waals surface area contributed by atoms with Gasteiger partial charge in [0.15, 0.2) is 0 Å². The molecular weight excluding hydrogens is 232 g/mol. The third kappa shape index (κ3) is 2.85. The van der Waals surface area contributed by atoms with Crippen molar-refractivity contribution in [1.29, 1.82) is 0 Å². The van der Waals surface area contributed by atoms with Crippen molar-refractivity contribution < 1.29 is 0 Å². The minimum absolute atomic E-state index is 0.474. The van der Waals surface area contributed by atoms with E-state index >= 15 is 0 Å². The zero-order valence-electron chi connectivity index (χ0n) is 12.1. The van der Waals surface area contributed by atoms with Crippen molar-refractivity contribution in [3.8, 4) is 0 Å². The average molecular weight is 258 g/mol. The van der Waals surface area contributed by atoms with E-state index in [2.05, 4.69) is 47.5 Å². The molecule has 1 spiro atoms. The molecule has 0 aromatic heterocycles. The molecule has 1 heterocycles. The summed E-state index contributed by atoms with van der Waals surface area (Å²) in [7, 11) is 0. The van der Waals surface area contributed by atoms with Gasteiger partial charge in [0.05, 0.1) is 0 Å². The number of hydrogen-bond donors (Lipinski definition) is 1. The van der Waals surface area contributed by atoms with Crippen LogP contribution in [0.3, 0.4) is 0 Å². The molecule has 1 unspecified atom stereocenters. The van der Waals surface area contributed by atoms with Crippen molar-refractivity contribution in [2.24, 2.45) is 0 Å². The van der Waals surface area contributed by atoms with Crippen LogP contribution >= 0.6 is 0 Å². The molecular formula is C17H26N2. The second-order valence-electron chi connectivity index (χ2n) is 6.40. The Hall–Kier alpha value is -0.860. The third-order valence-electron chi connectivity index (χ3n) is 4.99. The zero-order chi connectivity index (χ0) is 13.1. The molecule has 0 bridgehead atoms. The van der Waals surface area contributed by atoms with Gasteiger partial charge in [-0.1, -0.05) is 43.2 Å². The van der Waals surface area contributed by atoms with Crippen LogP contribution in [0.2, 0.25) is 0 Å². The summed E-state index contributed by atoms with van der Waals surface area (Å²) in [5, 5.41) is 3.70. The average Bonchev–Trinajstić information content (AvgIpc) is 2.91. The molecule has 1 aromatic rings. The first kappa shape index (κ1) is 13.1. The van der Waals surface area contributed by atoms with Crippen molar-refractivity contribution in [1.82, 2.24) is 10.2 Å². The van der Waals surface area contributed by atoms with E-state index in [9.17, 15) is 0 Å². The maximum absolute atomic E-state index is 3.70. The Labute approximate surface area is 117 Å². The van der Waals surface area contributed by atoms with Crippen molar-refractivity contribution in [3.05, 3.63) is 35.9 Å². The van der Waals surface area contributed by atoms with Gasteiger partial charge in [0.25, 0.3) is 0 Å². The van der Waals surface area contributed by atoms with Crippen LogP contribution in [0.5, 0.6) is 0 Å². The molecule has 1 saturated carbocycles. The van der Waals surface area contributed by atoms with E-state index in [-0.39, 0.29) is 0 Å². The summed E-state index contributed by atoms with van der Waals surface area (Å²) in [6, 6.07) is 11.6. The van der Waals surface area contributed by atoms with Gasteiger partial charge in [0.1, 0.15) is 0 Å². The minimum Gasteiger partial charge on any atom is -0.311 e. The van der Waals surface area contributed by atoms with Crippen LogP contribution in [-0.2, 0) is 6.42 Å². The number of benzene rings is 1. The van der Waals surface area contributed by atoms with Crippen molar-refractivity contribution >= 4 is 0 Å². The van der Waals surface area contributed by atoms with Gasteiger partial charge in [-0.15, -0.1) is 0 Å². The van der Waals surface area contributed by atoms with Gasteiger partial charge in [-0.2, -0.15) is 0 Å². The van der Waals surface area contributed by atoms with E-state index in [1.54, 1.807) is 0 Å². The Balaban J connectivity index is 1.66. The fourth-order valence-corrected chi connectivity index (χ4v) is 3.83. The van der Waals surface area contributed by atoms with E-state index in [0.29, 0.717) is 11.6 Å². The van der Waals surface area contributed by atoms with Crippen LogP contribution in [0.25, 0.3) is 0 Å². The topological polar surface area (TPSA) is 15.3 Å². The van der Waals surface area contributed by atoms with Gasteiger partial charge in [0, 0.05) is 31.2 Å². The van der Waals surface area contributed by atoms with Gasteiger partial charge in [-0.25, -0.2) is 0 Å². The van der Waals surface area contributed by atoms with Crippen LogP contribution in [0.1, 0.15) is 38.2 Å². The quantitative estimate of drug-likeness (QED) is 0.897. The molecule has 0 amide bonds. The largest absolute Gasteiger partial charge is 0.311 e. The van der Waals surface area contributed by atoms with Gasteiger partial charge >= 0.3 is 0 Å². The van der Waals surface area contributed by atoms with E-state index in [1.165, 1.54) is 57.3 Å². The smallest absolute Gasteiger partial charge is 0.0334 e. The first-order valence-electron chi connectivity index (χ1n) is 7.81. The highest BCUT2D eigenvalue weighted by molar-refractivity contribution is 5.15. The predicted octanol–water partition coefficient (Wildman–Crippen LogP) is 2.84. The lowest BCUT2D eigenvalue weighted by Crippen LogP contribution is -2.63. The third-order valence-corrected chi connectivity index (χ3v) is 4.99. The molecule has 1 N–H and O–H groups in total. The first-order valence-corrected chi connectivity index (χ1v) is 7.81. The van der Waals surface area contributed by atoms with Crippen LogP contribution in [0.15, 0.2) is 30.3 Å². The molecule has 0 radical (unpaired) electrons. The van der Waals surface area contributed by atoms with E-state index < -0.39 is 0 Å². The summed E-state index contributed by atoms with van der Waals surface area (Å²) in [4.78, 5) is 2.79. The van der Waals surface area contributed by atoms with Gasteiger partial charge in [-0.05, 0) is 31.7 Å². The van der Waals surface area contributed by atoms with Gasteiger partial charge in [-0.3, -0.25) is 4.90 Å². The molecule has 1 aliphatic heterocycles. The Kier molecular flexibility index (Phi) is 3.90. The Morgan fingerprint density at radius 2 is 1.95 bits per heavy atom. The van der Waals surface area contributed by atoms with Gasteiger partial charge < -0.3 is 5.32 Å². The summed E-state index contributed by atoms with van der Waals surface area (Å²) >= 11 is 0. The molecule has 1 saturated heterocycles. The second-order valence-corrected chi connectivity index (χ2v) is 6.40. The molecule has 104 valence electrons. The number of hydrogen-bond acceptors (Lipinski definition) is 2. The number of nitrogens with zero attached hydrogens (tertiary/aromatic N) is 1. The Morgan fingerprint density at radius 1 is 1.21 bits per heavy atom. The normalized spacial score (nSPS) is 26.9. The summed E-state index contributed by atoms with van der Waals surface area (Å²) in [5.41, 5.74) is 1.95. The second kappa shape index (κ2) is 5.64. The predicted molar refractivity (Wildman–Crippen MR) is 80.4 cm³/mol. The van der Waals surface area contributed by atoms with Gasteiger partial charge in [0.2, 0.25) is 0 Å². The lowest BCUT2D eigenvalue weighted by atomic mass is 9.90. The lowest BCUT2D eigenvalue weighted by molar-refractivity contribution is 0.0477.